The number of urea groups is 1. The standard InChI is InChI=1S/C31H49N5O5/c1-30(2)20-17-36(24(22(20)30)27(39)33-21(16-18-12-13-18)25(37)26(32)38)28(40)23(19-10-6-4-7-11-19)34-29(41)35-31(3)14-8-5-9-15-31/h18-24H,4-17H2,1-3H3,(H2,32,38)(H,33,39)(H2,34,35,41)/t20-,21?,22-,23-,24-/m0/s1. The van der Waals surface area contributed by atoms with Gasteiger partial charge in [0.25, 0.3) is 5.91 Å². The maximum absolute atomic E-state index is 14.3. The molecule has 0 spiro atoms. The number of hydrogen-bond acceptors (Lipinski definition) is 5. The highest BCUT2D eigenvalue weighted by Gasteiger charge is 2.69. The van der Waals surface area contributed by atoms with E-state index in [1.54, 1.807) is 4.90 Å². The van der Waals surface area contributed by atoms with Crippen molar-refractivity contribution in [2.24, 2.45) is 34.8 Å². The van der Waals surface area contributed by atoms with Crippen molar-refractivity contribution in [3.63, 3.8) is 0 Å². The lowest BCUT2D eigenvalue weighted by Crippen LogP contribution is -2.61. The molecule has 5 fully saturated rings. The topological polar surface area (TPSA) is 151 Å². The number of primary amides is 1. The van der Waals surface area contributed by atoms with E-state index in [-0.39, 0.29) is 40.6 Å². The zero-order valence-corrected chi connectivity index (χ0v) is 25.0. The zero-order valence-electron chi connectivity index (χ0n) is 25.0. The van der Waals surface area contributed by atoms with Crippen LogP contribution in [0.3, 0.4) is 0 Å². The van der Waals surface area contributed by atoms with Crippen molar-refractivity contribution in [3.05, 3.63) is 0 Å². The second-order valence-electron chi connectivity index (χ2n) is 14.5. The van der Waals surface area contributed by atoms with Gasteiger partial charge in [0.1, 0.15) is 12.1 Å². The van der Waals surface area contributed by atoms with Gasteiger partial charge in [-0.3, -0.25) is 19.2 Å². The largest absolute Gasteiger partial charge is 0.363 e. The number of carbonyl (C=O) groups is 5. The van der Waals surface area contributed by atoms with Crippen molar-refractivity contribution in [2.45, 2.75) is 128 Å². The third-order valence-corrected chi connectivity index (χ3v) is 10.9. The van der Waals surface area contributed by atoms with Crippen LogP contribution < -0.4 is 21.7 Å². The van der Waals surface area contributed by atoms with E-state index >= 15 is 0 Å². The number of Topliss-reactive ketones (excluding diaryl/α,β-unsaturated/α-hetero) is 1. The summed E-state index contributed by atoms with van der Waals surface area (Å²) in [5.41, 5.74) is 4.91. The summed E-state index contributed by atoms with van der Waals surface area (Å²) >= 11 is 0. The minimum absolute atomic E-state index is 0.00821. The van der Waals surface area contributed by atoms with Gasteiger partial charge in [-0.1, -0.05) is 65.2 Å². The first-order chi connectivity index (χ1) is 19.4. The van der Waals surface area contributed by atoms with Gasteiger partial charge in [-0.15, -0.1) is 0 Å². The van der Waals surface area contributed by atoms with Crippen LogP contribution in [0.5, 0.6) is 0 Å². The van der Waals surface area contributed by atoms with Gasteiger partial charge in [0.2, 0.25) is 17.6 Å². The molecule has 5 rings (SSSR count). The molecule has 1 heterocycles. The van der Waals surface area contributed by atoms with Gasteiger partial charge < -0.3 is 26.6 Å². The van der Waals surface area contributed by atoms with Crippen molar-refractivity contribution in [1.82, 2.24) is 20.9 Å². The summed E-state index contributed by atoms with van der Waals surface area (Å²) < 4.78 is 0. The molecule has 0 aromatic heterocycles. The predicted octanol–water partition coefficient (Wildman–Crippen LogP) is 2.78. The molecule has 5 atom stereocenters. The first-order valence-corrected chi connectivity index (χ1v) is 15.9. The summed E-state index contributed by atoms with van der Waals surface area (Å²) in [4.78, 5) is 67.5. The van der Waals surface area contributed by atoms with Gasteiger partial charge in [-0.05, 0) is 68.1 Å². The highest BCUT2D eigenvalue weighted by Crippen LogP contribution is 2.65. The predicted molar refractivity (Wildman–Crippen MR) is 153 cm³/mol. The van der Waals surface area contributed by atoms with Crippen LogP contribution in [0.25, 0.3) is 0 Å². The number of nitrogens with one attached hydrogen (secondary N) is 3. The van der Waals surface area contributed by atoms with Gasteiger partial charge in [0.05, 0.1) is 6.04 Å². The Morgan fingerprint density at radius 1 is 0.878 bits per heavy atom. The van der Waals surface area contributed by atoms with Crippen LogP contribution in [-0.2, 0) is 19.2 Å². The highest BCUT2D eigenvalue weighted by molar-refractivity contribution is 6.37. The summed E-state index contributed by atoms with van der Waals surface area (Å²) in [5.74, 6) is -2.05. The van der Waals surface area contributed by atoms with Crippen molar-refractivity contribution in [1.29, 1.82) is 0 Å². The van der Waals surface area contributed by atoms with Crippen LogP contribution in [0.15, 0.2) is 0 Å². The normalized spacial score (nSPS) is 29.9. The highest BCUT2D eigenvalue weighted by atomic mass is 16.2. The molecule has 10 nitrogen and oxygen atoms in total. The number of fused-ring (bicyclic) bond motifs is 1. The molecule has 10 heteroatoms. The van der Waals surface area contributed by atoms with E-state index in [9.17, 15) is 24.0 Å². The lowest BCUT2D eigenvalue weighted by molar-refractivity contribution is -0.144. The van der Waals surface area contributed by atoms with E-state index in [1.165, 1.54) is 6.42 Å². The van der Waals surface area contributed by atoms with Crippen LogP contribution in [0.1, 0.15) is 104 Å². The van der Waals surface area contributed by atoms with Gasteiger partial charge in [-0.25, -0.2) is 4.79 Å². The van der Waals surface area contributed by atoms with E-state index in [0.29, 0.717) is 18.9 Å². The number of rotatable bonds is 10. The molecule has 1 aliphatic heterocycles. The number of likely N-dealkylation sites (tertiary alicyclic amines) is 1. The second-order valence-corrected chi connectivity index (χ2v) is 14.5. The van der Waals surface area contributed by atoms with Gasteiger partial charge >= 0.3 is 6.03 Å². The van der Waals surface area contributed by atoms with Gasteiger partial charge in [-0.2, -0.15) is 0 Å². The Kier molecular flexibility index (Phi) is 8.41. The van der Waals surface area contributed by atoms with Gasteiger partial charge in [0, 0.05) is 12.1 Å². The quantitative estimate of drug-likeness (QED) is 0.297. The average Bonchev–Trinajstić information content (AvgIpc) is 3.78. The molecule has 4 saturated carbocycles. The summed E-state index contributed by atoms with van der Waals surface area (Å²) in [5, 5.41) is 9.06. The third-order valence-electron chi connectivity index (χ3n) is 10.9. The molecular weight excluding hydrogens is 522 g/mol. The molecule has 41 heavy (non-hydrogen) atoms. The van der Waals surface area contributed by atoms with Crippen LogP contribution in [-0.4, -0.2) is 64.6 Å². The summed E-state index contributed by atoms with van der Waals surface area (Å²) in [6, 6.07) is -2.76. The van der Waals surface area contributed by atoms with Crippen molar-refractivity contribution < 1.29 is 24.0 Å². The zero-order chi connectivity index (χ0) is 29.5. The van der Waals surface area contributed by atoms with Crippen molar-refractivity contribution in [2.75, 3.05) is 6.54 Å². The lowest BCUT2D eigenvalue weighted by atomic mass is 9.82. The van der Waals surface area contributed by atoms with E-state index in [1.807, 2.05) is 0 Å². The third kappa shape index (κ3) is 6.41. The van der Waals surface area contributed by atoms with Crippen LogP contribution in [0, 0.1) is 29.1 Å². The first-order valence-electron chi connectivity index (χ1n) is 15.9. The minimum Gasteiger partial charge on any atom is -0.363 e. The van der Waals surface area contributed by atoms with Crippen LogP contribution in [0.2, 0.25) is 0 Å². The molecule has 1 saturated heterocycles. The van der Waals surface area contributed by atoms with E-state index in [0.717, 1.165) is 70.6 Å². The minimum atomic E-state index is -1.06. The molecule has 0 aromatic rings. The molecule has 5 amide bonds. The number of nitrogens with zero attached hydrogens (tertiary/aromatic N) is 1. The summed E-state index contributed by atoms with van der Waals surface area (Å²) in [6.07, 6.45) is 12.3. The molecule has 1 unspecified atom stereocenters. The number of ketones is 1. The van der Waals surface area contributed by atoms with Crippen LogP contribution in [0.4, 0.5) is 4.79 Å². The number of piperidine rings is 1. The molecular formula is C31H49N5O5. The van der Waals surface area contributed by atoms with E-state index in [2.05, 4.69) is 36.7 Å². The summed E-state index contributed by atoms with van der Waals surface area (Å²) in [6.45, 7) is 6.73. The van der Waals surface area contributed by atoms with Crippen LogP contribution >= 0.6 is 0 Å². The smallest absolute Gasteiger partial charge is 0.315 e. The van der Waals surface area contributed by atoms with E-state index in [4.69, 9.17) is 5.73 Å². The molecule has 228 valence electrons. The van der Waals surface area contributed by atoms with Gasteiger partial charge in [0.15, 0.2) is 0 Å². The molecule has 5 N–H and O–H groups in total. The Morgan fingerprint density at radius 2 is 1.51 bits per heavy atom. The van der Waals surface area contributed by atoms with Crippen molar-refractivity contribution >= 4 is 29.5 Å². The Balaban J connectivity index is 1.34. The van der Waals surface area contributed by atoms with E-state index < -0.39 is 35.7 Å². The Labute approximate surface area is 243 Å². The number of carbonyl (C=O) groups excluding carboxylic acids is 5. The molecule has 0 aromatic carbocycles. The monoisotopic (exact) mass is 571 g/mol. The summed E-state index contributed by atoms with van der Waals surface area (Å²) in [7, 11) is 0. The maximum atomic E-state index is 14.3. The molecule has 4 aliphatic carbocycles. The first kappa shape index (κ1) is 29.8. The molecule has 5 aliphatic rings. The average molecular weight is 572 g/mol. The molecule has 0 radical (unpaired) electrons. The SMILES string of the molecule is CC1(NC(=O)N[C@H](C(=O)N2C[C@H]3[C@@H]([C@H]2C(=O)NC(CC2CC2)C(=O)C(N)=O)C3(C)C)C2CCCCC2)CCCCC1. The maximum Gasteiger partial charge on any atom is 0.315 e. The fraction of sp³-hybridized carbons (Fsp3) is 0.839. The Hall–Kier alpha value is -2.65. The fourth-order valence-corrected chi connectivity index (χ4v) is 8.10. The number of nitrogens with two attached hydrogens (primary N) is 1. The number of hydrogen-bond donors (Lipinski definition) is 4. The lowest BCUT2D eigenvalue weighted by Gasteiger charge is -2.39. The van der Waals surface area contributed by atoms with Crippen molar-refractivity contribution in [3.8, 4) is 0 Å². The molecule has 0 bridgehead atoms. The Bertz CT molecular complexity index is 1060. The second kappa shape index (κ2) is 11.6. The fourth-order valence-electron chi connectivity index (χ4n) is 8.10. The Morgan fingerprint density at radius 3 is 2.12 bits per heavy atom. The number of amides is 5.